The third kappa shape index (κ3) is 14.4. The van der Waals surface area contributed by atoms with Gasteiger partial charge in [0.05, 0.1) is 0 Å². The number of esters is 1. The van der Waals surface area contributed by atoms with Gasteiger partial charge in [-0.25, -0.2) is 0 Å². The third-order valence-corrected chi connectivity index (χ3v) is 25.7. The maximum absolute atomic E-state index is 13.3. The van der Waals surface area contributed by atoms with Crippen molar-refractivity contribution in [2.45, 2.75) is 155 Å². The molecule has 1 unspecified atom stereocenters. The summed E-state index contributed by atoms with van der Waals surface area (Å²) in [5, 5.41) is 10.1. The normalized spacial score (nSPS) is 16.5. The van der Waals surface area contributed by atoms with Crippen molar-refractivity contribution in [1.82, 2.24) is 5.32 Å². The molecule has 4 nitrogen and oxygen atoms in total. The molecule has 1 aliphatic heterocycles. The predicted molar refractivity (Wildman–Crippen MR) is 287 cm³/mol. The van der Waals surface area contributed by atoms with Gasteiger partial charge in [-0.2, -0.15) is 0 Å². The summed E-state index contributed by atoms with van der Waals surface area (Å²) >= 11 is 0. The van der Waals surface area contributed by atoms with Crippen molar-refractivity contribution in [3.05, 3.63) is 133 Å². The second-order valence-electron chi connectivity index (χ2n) is 21.6. The van der Waals surface area contributed by atoms with Crippen molar-refractivity contribution in [3.63, 3.8) is 0 Å². The van der Waals surface area contributed by atoms with Crippen LogP contribution >= 0.6 is 14.5 Å². The van der Waals surface area contributed by atoms with Crippen molar-refractivity contribution in [1.29, 1.82) is 0 Å². The molecule has 6 heteroatoms. The number of piperidine rings is 1. The van der Waals surface area contributed by atoms with Gasteiger partial charge in [0.25, 0.3) is 0 Å². The first-order valence-electron chi connectivity index (χ1n) is 25.3. The number of unbranched alkanes of at least 4 members (excludes halogenated alkanes) is 10. The molecule has 1 N–H and O–H groups in total. The number of ether oxygens (including phenoxy) is 1. The molecule has 1 heterocycles. The number of quaternary nitrogens is 1. The maximum atomic E-state index is 13.3. The molecule has 0 spiro atoms. The van der Waals surface area contributed by atoms with Crippen molar-refractivity contribution in [2.24, 2.45) is 0 Å². The minimum absolute atomic E-state index is 0.00394. The first-order chi connectivity index (χ1) is 30.6. The molecule has 1 aliphatic rings. The number of benzene rings is 4. The van der Waals surface area contributed by atoms with Crippen LogP contribution in [0.4, 0.5) is 0 Å². The van der Waals surface area contributed by atoms with Gasteiger partial charge in [0.1, 0.15) is 0 Å². The Morgan fingerprint density at radius 1 is 0.609 bits per heavy atom. The number of nitrogens with zero attached hydrogens (tertiary/aromatic N) is 1. The van der Waals surface area contributed by atoms with Crippen LogP contribution in [-0.4, -0.2) is 79.0 Å². The van der Waals surface area contributed by atoms with Crippen molar-refractivity contribution < 1.29 is 14.0 Å². The molecule has 0 radical (unpaired) electrons. The van der Waals surface area contributed by atoms with Crippen LogP contribution in [0.3, 0.4) is 0 Å². The summed E-state index contributed by atoms with van der Waals surface area (Å²) in [6, 6.07) is 46.9. The van der Waals surface area contributed by atoms with Gasteiger partial charge in [0.2, 0.25) is 0 Å². The Morgan fingerprint density at radius 2 is 0.953 bits per heavy atom. The van der Waals surface area contributed by atoms with Crippen LogP contribution < -0.4 is 26.5 Å². The van der Waals surface area contributed by atoms with E-state index in [4.69, 9.17) is 4.74 Å². The minimum atomic E-state index is -2.49. The SMILES string of the molecule is C=C(C)C(=O)OCC(C[PH](CCCC[PH](CCCCCCCCCCCC)(c1ccccc1)c1ccccc1)(c1ccccc1)c1ccccc1)[N+](C)(C)C1CC(C)(C)NC(C)(C)C1. The van der Waals surface area contributed by atoms with E-state index in [-0.39, 0.29) is 23.1 Å². The molecule has 0 saturated carbocycles. The average Bonchev–Trinajstić information content (AvgIpc) is 3.28. The van der Waals surface area contributed by atoms with Gasteiger partial charge in [-0.05, 0) is 0 Å². The molecule has 5 rings (SSSR count). The summed E-state index contributed by atoms with van der Waals surface area (Å²) in [4.78, 5) is 13.3. The third-order valence-electron chi connectivity index (χ3n) is 15.1. The number of hydrogen-bond acceptors (Lipinski definition) is 3. The van der Waals surface area contributed by atoms with Gasteiger partial charge < -0.3 is 0 Å². The number of carbonyl (C=O) groups excluding carboxylic acids is 1. The quantitative estimate of drug-likeness (QED) is 0.0213. The molecule has 1 fully saturated rings. The first-order valence-corrected chi connectivity index (χ1v) is 30.1. The molecule has 352 valence electrons. The second-order valence-corrected chi connectivity index (χ2v) is 30.1. The molecule has 64 heavy (non-hydrogen) atoms. The zero-order valence-corrected chi connectivity index (χ0v) is 43.6. The predicted octanol–water partition coefficient (Wildman–Crippen LogP) is 12.4. The van der Waals surface area contributed by atoms with Gasteiger partial charge in [0.15, 0.2) is 0 Å². The molecule has 0 bridgehead atoms. The fraction of sp³-hybridized carbons (Fsp3) is 0.534. The summed E-state index contributed by atoms with van der Waals surface area (Å²) < 4.78 is 7.09. The van der Waals surface area contributed by atoms with Crippen LogP contribution in [0.1, 0.15) is 131 Å². The zero-order valence-electron chi connectivity index (χ0n) is 41.6. The fourth-order valence-corrected chi connectivity index (χ4v) is 22.3. The number of likely N-dealkylation sites (N-methyl/N-ethyl adjacent to an activating group) is 1. The monoisotopic (exact) mass is 908 g/mol. The average molecular weight is 908 g/mol. The van der Waals surface area contributed by atoms with Gasteiger partial charge in [0, 0.05) is 0 Å². The molecule has 0 amide bonds. The number of hydrogen-bond donors (Lipinski definition) is 1. The van der Waals surface area contributed by atoms with Crippen molar-refractivity contribution in [2.75, 3.05) is 45.3 Å². The van der Waals surface area contributed by atoms with E-state index in [1.807, 2.05) is 0 Å². The molecule has 4 aromatic rings. The Labute approximate surface area is 392 Å². The number of carbonyl (C=O) groups is 1. The van der Waals surface area contributed by atoms with Crippen molar-refractivity contribution in [3.8, 4) is 0 Å². The molecule has 4 aromatic carbocycles. The Hall–Kier alpha value is -3.13. The Morgan fingerprint density at radius 3 is 1.34 bits per heavy atom. The van der Waals surface area contributed by atoms with Gasteiger partial charge >= 0.3 is 394 Å². The fourth-order valence-electron chi connectivity index (χ4n) is 11.7. The van der Waals surface area contributed by atoms with E-state index in [0.717, 1.165) is 29.6 Å². The summed E-state index contributed by atoms with van der Waals surface area (Å²) in [7, 11) is 0.274. The Kier molecular flexibility index (Phi) is 19.9. The van der Waals surface area contributed by atoms with Crippen LogP contribution in [0, 0.1) is 0 Å². The van der Waals surface area contributed by atoms with Gasteiger partial charge in [-0.1, -0.05) is 0 Å². The number of rotatable bonds is 27. The standard InChI is InChI=1S/C58H89N2O2P2/c1-10-11-12-13-14-15-16-17-18-31-42-63(52-34-23-19-24-35-52,53-36-25-20-26-37-53)43-32-33-44-64(54-38-27-21-28-39-54,55-40-29-22-30-41-55)48-51(47-62-56(61)49(2)3)60(8,9)50-45-57(4,5)59-58(6,7)46-50/h19-30,34-41,50-51,59,63-64H,2,10-18,31-33,42-48H2,1,3-9H3/q+1. The Bertz CT molecular complexity index is 1870. The molecule has 0 aromatic heterocycles. The first kappa shape index (κ1) is 51.8. The van der Waals surface area contributed by atoms with E-state index in [2.05, 4.69) is 182 Å². The van der Waals surface area contributed by atoms with Gasteiger partial charge in [-0.15, -0.1) is 0 Å². The van der Waals surface area contributed by atoms with E-state index in [1.54, 1.807) is 17.5 Å². The molecule has 1 atom stereocenters. The van der Waals surface area contributed by atoms with Crippen LogP contribution in [0.15, 0.2) is 133 Å². The van der Waals surface area contributed by atoms with Crippen LogP contribution in [0.25, 0.3) is 0 Å². The van der Waals surface area contributed by atoms with E-state index < -0.39 is 14.5 Å². The Balaban J connectivity index is 1.48. The van der Waals surface area contributed by atoms with E-state index in [9.17, 15) is 4.79 Å². The van der Waals surface area contributed by atoms with Crippen LogP contribution in [-0.2, 0) is 9.53 Å². The molecule has 0 aliphatic carbocycles. The van der Waals surface area contributed by atoms with E-state index >= 15 is 0 Å². The van der Waals surface area contributed by atoms with E-state index in [1.165, 1.54) is 100.0 Å². The second kappa shape index (κ2) is 24.6. The number of nitrogens with one attached hydrogen (secondary N) is 1. The molecular formula is C58H89N2O2P2+. The van der Waals surface area contributed by atoms with Crippen LogP contribution in [0.2, 0.25) is 0 Å². The summed E-state index contributed by atoms with van der Waals surface area (Å²) in [5.41, 5.74) is 0.455. The summed E-state index contributed by atoms with van der Waals surface area (Å²) in [6.45, 7) is 17.9. The van der Waals surface area contributed by atoms with Crippen molar-refractivity contribution >= 4 is 41.7 Å². The van der Waals surface area contributed by atoms with Crippen LogP contribution in [0.5, 0.6) is 0 Å². The zero-order chi connectivity index (χ0) is 46.1. The summed E-state index contributed by atoms with van der Waals surface area (Å²) in [5.74, 6) is -0.284. The topological polar surface area (TPSA) is 38.3 Å². The molecular weight excluding hydrogens is 819 g/mol. The van der Waals surface area contributed by atoms with Gasteiger partial charge in [-0.3, -0.25) is 0 Å². The summed E-state index contributed by atoms with van der Waals surface area (Å²) in [6.07, 6.45) is 22.9. The van der Waals surface area contributed by atoms with E-state index in [0.29, 0.717) is 18.2 Å². The molecule has 1 saturated heterocycles.